The van der Waals surface area contributed by atoms with Crippen molar-refractivity contribution in [3.8, 4) is 0 Å². The predicted octanol–water partition coefficient (Wildman–Crippen LogP) is 0.961. The number of unbranched alkanes of at least 4 members (excludes halogenated alkanes) is 2. The van der Waals surface area contributed by atoms with Gasteiger partial charge in [-0.25, -0.2) is 8.42 Å². The number of carbonyl (C=O) groups excluding carboxylic acids is 1. The molecule has 0 aliphatic heterocycles. The van der Waals surface area contributed by atoms with Crippen LogP contribution in [0.5, 0.6) is 0 Å². The third-order valence-electron chi connectivity index (χ3n) is 2.61. The van der Waals surface area contributed by atoms with Gasteiger partial charge in [-0.05, 0) is 19.8 Å². The molecule has 112 valence electrons. The summed E-state index contributed by atoms with van der Waals surface area (Å²) in [6.07, 6.45) is 2.56. The molecule has 0 aromatic carbocycles. The second kappa shape index (κ2) is 8.90. The van der Waals surface area contributed by atoms with Crippen molar-refractivity contribution in [2.75, 3.05) is 11.5 Å². The van der Waals surface area contributed by atoms with E-state index in [9.17, 15) is 18.0 Å². The molecular formula is C12H23NO5S. The molecule has 0 spiro atoms. The Morgan fingerprint density at radius 1 is 1.26 bits per heavy atom. The number of rotatable bonds is 10. The Morgan fingerprint density at radius 2 is 1.89 bits per heavy atom. The maximum atomic E-state index is 11.6. The minimum absolute atomic E-state index is 0.0256. The number of nitrogens with one attached hydrogen (secondary N) is 1. The number of carboxylic acids is 1. The van der Waals surface area contributed by atoms with Gasteiger partial charge in [0.1, 0.15) is 5.75 Å². The van der Waals surface area contributed by atoms with Crippen molar-refractivity contribution in [3.63, 3.8) is 0 Å². The number of hydrogen-bond donors (Lipinski definition) is 2. The minimum atomic E-state index is -3.36. The highest BCUT2D eigenvalue weighted by Gasteiger charge is 2.17. The Balaban J connectivity index is 4.04. The van der Waals surface area contributed by atoms with Crippen LogP contribution in [-0.4, -0.2) is 42.9 Å². The fourth-order valence-electron chi connectivity index (χ4n) is 1.57. The van der Waals surface area contributed by atoms with E-state index in [0.29, 0.717) is 6.42 Å². The molecule has 6 nitrogen and oxygen atoms in total. The lowest BCUT2D eigenvalue weighted by Gasteiger charge is -2.12. The molecule has 7 heteroatoms. The molecule has 2 N–H and O–H groups in total. The molecule has 0 heterocycles. The molecule has 1 unspecified atom stereocenters. The van der Waals surface area contributed by atoms with E-state index >= 15 is 0 Å². The van der Waals surface area contributed by atoms with Gasteiger partial charge in [0.25, 0.3) is 0 Å². The minimum Gasteiger partial charge on any atom is -0.481 e. The average molecular weight is 293 g/mol. The quantitative estimate of drug-likeness (QED) is 0.584. The summed E-state index contributed by atoms with van der Waals surface area (Å²) in [5.74, 6) is -1.99. The van der Waals surface area contributed by atoms with E-state index in [2.05, 4.69) is 5.32 Å². The monoisotopic (exact) mass is 293 g/mol. The number of aliphatic carboxylic acids is 1. The standard InChI is InChI=1S/C12H23NO5S/c1-3-4-5-8-19(17,18)9-11(14)13-10(2)6-7-12(15)16/h10H,3-9H2,1-2H3,(H,13,14)(H,15,16). The van der Waals surface area contributed by atoms with Gasteiger partial charge < -0.3 is 10.4 Å². The highest BCUT2D eigenvalue weighted by atomic mass is 32.2. The average Bonchev–Trinajstić information content (AvgIpc) is 2.25. The van der Waals surface area contributed by atoms with Gasteiger partial charge >= 0.3 is 5.97 Å². The van der Waals surface area contributed by atoms with Gasteiger partial charge in [-0.3, -0.25) is 9.59 Å². The zero-order valence-electron chi connectivity index (χ0n) is 11.5. The van der Waals surface area contributed by atoms with Crippen molar-refractivity contribution >= 4 is 21.7 Å². The topological polar surface area (TPSA) is 101 Å². The lowest BCUT2D eigenvalue weighted by atomic mass is 10.2. The molecule has 0 bridgehead atoms. The van der Waals surface area contributed by atoms with Gasteiger partial charge in [-0.2, -0.15) is 0 Å². The summed E-state index contributed by atoms with van der Waals surface area (Å²) in [7, 11) is -3.36. The molecule has 19 heavy (non-hydrogen) atoms. The first-order chi connectivity index (χ1) is 8.76. The van der Waals surface area contributed by atoms with E-state index in [0.717, 1.165) is 12.8 Å². The number of carbonyl (C=O) groups is 2. The molecule has 0 rings (SSSR count). The Kier molecular flexibility index (Phi) is 8.38. The first kappa shape index (κ1) is 17.9. The molecule has 0 saturated carbocycles. The van der Waals surface area contributed by atoms with Crippen LogP contribution in [0.2, 0.25) is 0 Å². The van der Waals surface area contributed by atoms with Gasteiger partial charge in [-0.1, -0.05) is 19.8 Å². The smallest absolute Gasteiger partial charge is 0.303 e. The SMILES string of the molecule is CCCCCS(=O)(=O)CC(=O)NC(C)CCC(=O)O. The number of amides is 1. The van der Waals surface area contributed by atoms with Gasteiger partial charge in [-0.15, -0.1) is 0 Å². The molecule has 1 atom stereocenters. The first-order valence-corrected chi connectivity index (χ1v) is 8.30. The van der Waals surface area contributed by atoms with E-state index in [1.165, 1.54) is 0 Å². The van der Waals surface area contributed by atoms with Gasteiger partial charge in [0.2, 0.25) is 5.91 Å². The van der Waals surface area contributed by atoms with Crippen LogP contribution in [0.15, 0.2) is 0 Å². The van der Waals surface area contributed by atoms with Crippen molar-refractivity contribution in [2.45, 2.75) is 52.0 Å². The first-order valence-electron chi connectivity index (χ1n) is 6.48. The number of carboxylic acid groups (broad SMARTS) is 1. The van der Waals surface area contributed by atoms with E-state index in [4.69, 9.17) is 5.11 Å². The maximum Gasteiger partial charge on any atom is 0.303 e. The summed E-state index contributed by atoms with van der Waals surface area (Å²) < 4.78 is 23.2. The van der Waals surface area contributed by atoms with E-state index in [1.54, 1.807) is 6.92 Å². The largest absolute Gasteiger partial charge is 0.481 e. The lowest BCUT2D eigenvalue weighted by molar-refractivity contribution is -0.137. The second-order valence-electron chi connectivity index (χ2n) is 4.70. The van der Waals surface area contributed by atoms with Crippen LogP contribution in [0, 0.1) is 0 Å². The molecule has 0 saturated heterocycles. The summed E-state index contributed by atoms with van der Waals surface area (Å²) >= 11 is 0. The normalized spacial score (nSPS) is 12.9. The third kappa shape index (κ3) is 10.5. The van der Waals surface area contributed by atoms with Crippen LogP contribution in [0.1, 0.15) is 46.0 Å². The molecule has 0 fully saturated rings. The Hall–Kier alpha value is -1.11. The van der Waals surface area contributed by atoms with Crippen molar-refractivity contribution in [2.24, 2.45) is 0 Å². The summed E-state index contributed by atoms with van der Waals surface area (Å²) in [5.41, 5.74) is 0. The van der Waals surface area contributed by atoms with Gasteiger partial charge in [0, 0.05) is 12.5 Å². The Labute approximate surface area is 114 Å². The van der Waals surface area contributed by atoms with Crippen LogP contribution < -0.4 is 5.32 Å². The molecule has 1 amide bonds. The second-order valence-corrected chi connectivity index (χ2v) is 6.88. The van der Waals surface area contributed by atoms with E-state index < -0.39 is 27.5 Å². The van der Waals surface area contributed by atoms with Crippen LogP contribution >= 0.6 is 0 Å². The number of hydrogen-bond acceptors (Lipinski definition) is 4. The highest BCUT2D eigenvalue weighted by Crippen LogP contribution is 2.01. The molecular weight excluding hydrogens is 270 g/mol. The zero-order valence-corrected chi connectivity index (χ0v) is 12.3. The van der Waals surface area contributed by atoms with Crippen LogP contribution in [-0.2, 0) is 19.4 Å². The highest BCUT2D eigenvalue weighted by molar-refractivity contribution is 7.92. The predicted molar refractivity (Wildman–Crippen MR) is 72.7 cm³/mol. The molecule has 0 radical (unpaired) electrons. The summed E-state index contributed by atoms with van der Waals surface area (Å²) in [6, 6.07) is -0.338. The van der Waals surface area contributed by atoms with Crippen molar-refractivity contribution in [3.05, 3.63) is 0 Å². The van der Waals surface area contributed by atoms with E-state index in [-0.39, 0.29) is 24.6 Å². The third-order valence-corrected chi connectivity index (χ3v) is 4.22. The van der Waals surface area contributed by atoms with Crippen LogP contribution in [0.4, 0.5) is 0 Å². The molecule has 0 aromatic heterocycles. The van der Waals surface area contributed by atoms with E-state index in [1.807, 2.05) is 6.92 Å². The van der Waals surface area contributed by atoms with Crippen LogP contribution in [0.25, 0.3) is 0 Å². The molecule has 0 aliphatic carbocycles. The fourth-order valence-corrected chi connectivity index (χ4v) is 2.84. The van der Waals surface area contributed by atoms with Crippen molar-refractivity contribution in [1.82, 2.24) is 5.32 Å². The summed E-state index contributed by atoms with van der Waals surface area (Å²) in [4.78, 5) is 21.9. The Morgan fingerprint density at radius 3 is 2.42 bits per heavy atom. The summed E-state index contributed by atoms with van der Waals surface area (Å²) in [5, 5.41) is 11.0. The molecule has 0 aromatic rings. The van der Waals surface area contributed by atoms with Crippen molar-refractivity contribution < 1.29 is 23.1 Å². The number of sulfone groups is 1. The van der Waals surface area contributed by atoms with Gasteiger partial charge in [0.05, 0.1) is 5.75 Å². The zero-order chi connectivity index (χ0) is 14.9. The lowest BCUT2D eigenvalue weighted by Crippen LogP contribution is -2.37. The summed E-state index contributed by atoms with van der Waals surface area (Å²) in [6.45, 7) is 3.63. The Bertz CT molecular complexity index is 391. The van der Waals surface area contributed by atoms with Crippen LogP contribution in [0.3, 0.4) is 0 Å². The molecule has 0 aliphatic rings. The van der Waals surface area contributed by atoms with Crippen molar-refractivity contribution in [1.29, 1.82) is 0 Å². The van der Waals surface area contributed by atoms with Gasteiger partial charge in [0.15, 0.2) is 9.84 Å². The fraction of sp³-hybridized carbons (Fsp3) is 0.833. The maximum absolute atomic E-state index is 11.6.